The van der Waals surface area contributed by atoms with Crippen LogP contribution in [0.1, 0.15) is 19.4 Å². The second-order valence-electron chi connectivity index (χ2n) is 6.79. The summed E-state index contributed by atoms with van der Waals surface area (Å²) in [5.74, 6) is 0. The van der Waals surface area contributed by atoms with E-state index in [1.54, 1.807) is 0 Å². The molecule has 2 N–H and O–H groups in total. The van der Waals surface area contributed by atoms with Gasteiger partial charge in [0.15, 0.2) is 5.11 Å². The van der Waals surface area contributed by atoms with E-state index >= 15 is 0 Å². The third kappa shape index (κ3) is 5.08. The summed E-state index contributed by atoms with van der Waals surface area (Å²) in [6.07, 6.45) is 0. The Kier molecular flexibility index (Phi) is 6.09. The molecule has 0 heterocycles. The molecule has 3 rings (SSSR count). The molecule has 0 saturated heterocycles. The number of thiocarbonyl (C=S) groups is 1. The Hall–Kier alpha value is -2.85. The van der Waals surface area contributed by atoms with Gasteiger partial charge in [-0.3, -0.25) is 0 Å². The van der Waals surface area contributed by atoms with Crippen molar-refractivity contribution >= 4 is 40.1 Å². The summed E-state index contributed by atoms with van der Waals surface area (Å²) in [6.45, 7) is 6.45. The molecule has 4 heteroatoms. The fourth-order valence-corrected chi connectivity index (χ4v) is 3.29. The number of hydrogen-bond acceptors (Lipinski definition) is 2. The summed E-state index contributed by atoms with van der Waals surface area (Å²) in [5, 5.41) is 7.05. The van der Waals surface area contributed by atoms with Gasteiger partial charge >= 0.3 is 0 Å². The molecule has 0 aliphatic rings. The van der Waals surface area contributed by atoms with Gasteiger partial charge in [0, 0.05) is 28.8 Å². The summed E-state index contributed by atoms with van der Waals surface area (Å²) in [7, 11) is 0. The molecule has 0 radical (unpaired) electrons. The van der Waals surface area contributed by atoms with Crippen molar-refractivity contribution in [1.82, 2.24) is 0 Å². The van der Waals surface area contributed by atoms with E-state index in [1.807, 2.05) is 18.2 Å². The van der Waals surface area contributed by atoms with Gasteiger partial charge in [-0.1, -0.05) is 30.3 Å². The highest BCUT2D eigenvalue weighted by atomic mass is 32.1. The Morgan fingerprint density at radius 2 is 1.41 bits per heavy atom. The number of anilines is 4. The van der Waals surface area contributed by atoms with Crippen LogP contribution in [0.4, 0.5) is 22.7 Å². The summed E-state index contributed by atoms with van der Waals surface area (Å²) < 4.78 is 0. The van der Waals surface area contributed by atoms with Gasteiger partial charge in [-0.2, -0.15) is 0 Å². The maximum atomic E-state index is 5.43. The molecule has 0 saturated carbocycles. The van der Waals surface area contributed by atoms with E-state index in [0.29, 0.717) is 11.2 Å². The maximum absolute atomic E-state index is 5.43. The molecule has 3 aromatic carbocycles. The lowest BCUT2D eigenvalue weighted by atomic mass is 10.2. The molecule has 0 fully saturated rings. The average molecular weight is 376 g/mol. The SMILES string of the molecule is Cc1cccc(NC(=S)Nc2ccc(N(c3ccccc3)C(C)C)cc2)c1. The summed E-state index contributed by atoms with van der Waals surface area (Å²) in [6, 6.07) is 27.3. The smallest absolute Gasteiger partial charge is 0.175 e. The zero-order valence-corrected chi connectivity index (χ0v) is 16.8. The third-order valence-electron chi connectivity index (χ3n) is 4.23. The number of rotatable bonds is 5. The van der Waals surface area contributed by atoms with E-state index in [9.17, 15) is 0 Å². The Labute approximate surface area is 167 Å². The van der Waals surface area contributed by atoms with Gasteiger partial charge in [0.05, 0.1) is 0 Å². The first kappa shape index (κ1) is 18.9. The number of nitrogens with zero attached hydrogens (tertiary/aromatic N) is 1. The molecule has 0 spiro atoms. The molecule has 0 bridgehead atoms. The van der Waals surface area contributed by atoms with Crippen molar-refractivity contribution in [2.24, 2.45) is 0 Å². The standard InChI is InChI=1S/C23H25N3S/c1-17(2)26(21-10-5-4-6-11-21)22-14-12-19(13-15-22)24-23(27)25-20-9-7-8-18(3)16-20/h4-17H,1-3H3,(H2,24,25,27). The summed E-state index contributed by atoms with van der Waals surface area (Å²) in [4.78, 5) is 2.31. The van der Waals surface area contributed by atoms with Crippen molar-refractivity contribution in [2.45, 2.75) is 26.8 Å². The molecule has 0 aromatic heterocycles. The molecule has 0 amide bonds. The van der Waals surface area contributed by atoms with E-state index in [1.165, 1.54) is 11.3 Å². The number of aryl methyl sites for hydroxylation is 1. The van der Waals surface area contributed by atoms with Crippen LogP contribution in [0, 0.1) is 6.92 Å². The minimum Gasteiger partial charge on any atom is -0.339 e. The molecule has 138 valence electrons. The van der Waals surface area contributed by atoms with E-state index in [4.69, 9.17) is 12.2 Å². The molecule has 27 heavy (non-hydrogen) atoms. The first-order valence-electron chi connectivity index (χ1n) is 9.12. The van der Waals surface area contributed by atoms with Crippen LogP contribution in [0.15, 0.2) is 78.9 Å². The van der Waals surface area contributed by atoms with Crippen LogP contribution in [-0.2, 0) is 0 Å². The van der Waals surface area contributed by atoms with Crippen LogP contribution < -0.4 is 15.5 Å². The van der Waals surface area contributed by atoms with E-state index < -0.39 is 0 Å². The van der Waals surface area contributed by atoms with Crippen molar-refractivity contribution in [3.63, 3.8) is 0 Å². The highest BCUT2D eigenvalue weighted by molar-refractivity contribution is 7.80. The van der Waals surface area contributed by atoms with Gasteiger partial charge in [0.1, 0.15) is 0 Å². The highest BCUT2D eigenvalue weighted by Gasteiger charge is 2.12. The van der Waals surface area contributed by atoms with Crippen LogP contribution >= 0.6 is 12.2 Å². The maximum Gasteiger partial charge on any atom is 0.175 e. The van der Waals surface area contributed by atoms with Gasteiger partial charge in [-0.15, -0.1) is 0 Å². The molecule has 0 unspecified atom stereocenters. The fourth-order valence-electron chi connectivity index (χ4n) is 3.06. The Balaban J connectivity index is 1.70. The summed E-state index contributed by atoms with van der Waals surface area (Å²) >= 11 is 5.43. The number of hydrogen-bond donors (Lipinski definition) is 2. The molecular weight excluding hydrogens is 350 g/mol. The van der Waals surface area contributed by atoms with Gasteiger partial charge in [0.25, 0.3) is 0 Å². The van der Waals surface area contributed by atoms with Gasteiger partial charge in [-0.05, 0) is 87.1 Å². The van der Waals surface area contributed by atoms with Gasteiger partial charge in [0.2, 0.25) is 0 Å². The minimum atomic E-state index is 0.357. The Morgan fingerprint density at radius 3 is 2.04 bits per heavy atom. The lowest BCUT2D eigenvalue weighted by Crippen LogP contribution is -2.25. The predicted molar refractivity (Wildman–Crippen MR) is 121 cm³/mol. The first-order valence-corrected chi connectivity index (χ1v) is 9.53. The Bertz CT molecular complexity index is 889. The van der Waals surface area contributed by atoms with Crippen molar-refractivity contribution in [3.05, 3.63) is 84.4 Å². The van der Waals surface area contributed by atoms with E-state index in [2.05, 4.69) is 97.0 Å². The molecule has 0 aliphatic heterocycles. The topological polar surface area (TPSA) is 27.3 Å². The van der Waals surface area contributed by atoms with Crippen LogP contribution in [-0.4, -0.2) is 11.2 Å². The zero-order chi connectivity index (χ0) is 19.2. The number of nitrogens with one attached hydrogen (secondary N) is 2. The lowest BCUT2D eigenvalue weighted by Gasteiger charge is -2.29. The first-order chi connectivity index (χ1) is 13.0. The van der Waals surface area contributed by atoms with Gasteiger partial charge in [-0.25, -0.2) is 0 Å². The highest BCUT2D eigenvalue weighted by Crippen LogP contribution is 2.28. The van der Waals surface area contributed by atoms with Crippen LogP contribution in [0.5, 0.6) is 0 Å². The molecule has 0 aliphatic carbocycles. The van der Waals surface area contributed by atoms with Gasteiger partial charge < -0.3 is 15.5 Å². The quantitative estimate of drug-likeness (QED) is 0.508. The molecular formula is C23H25N3S. The van der Waals surface area contributed by atoms with Crippen molar-refractivity contribution in [2.75, 3.05) is 15.5 Å². The van der Waals surface area contributed by atoms with Crippen molar-refractivity contribution < 1.29 is 0 Å². The molecule has 3 aromatic rings. The van der Waals surface area contributed by atoms with Crippen LogP contribution in [0.3, 0.4) is 0 Å². The Morgan fingerprint density at radius 1 is 0.778 bits per heavy atom. The second kappa shape index (κ2) is 8.69. The van der Waals surface area contributed by atoms with Crippen LogP contribution in [0.2, 0.25) is 0 Å². The summed E-state index contributed by atoms with van der Waals surface area (Å²) in [5.41, 5.74) is 5.48. The minimum absolute atomic E-state index is 0.357. The van der Waals surface area contributed by atoms with Crippen molar-refractivity contribution in [1.29, 1.82) is 0 Å². The fraction of sp³-hybridized carbons (Fsp3) is 0.174. The zero-order valence-electron chi connectivity index (χ0n) is 15.9. The molecule has 0 atom stereocenters. The predicted octanol–water partition coefficient (Wildman–Crippen LogP) is 6.35. The number of para-hydroxylation sites is 1. The third-order valence-corrected chi connectivity index (χ3v) is 4.43. The van der Waals surface area contributed by atoms with E-state index in [0.717, 1.165) is 17.1 Å². The van der Waals surface area contributed by atoms with Crippen LogP contribution in [0.25, 0.3) is 0 Å². The monoisotopic (exact) mass is 375 g/mol. The largest absolute Gasteiger partial charge is 0.339 e. The van der Waals surface area contributed by atoms with E-state index in [-0.39, 0.29) is 0 Å². The molecule has 3 nitrogen and oxygen atoms in total. The number of benzene rings is 3. The normalized spacial score (nSPS) is 10.5. The average Bonchev–Trinajstić information content (AvgIpc) is 2.64. The lowest BCUT2D eigenvalue weighted by molar-refractivity contribution is 0.789. The second-order valence-corrected chi connectivity index (χ2v) is 7.20. The van der Waals surface area contributed by atoms with Crippen molar-refractivity contribution in [3.8, 4) is 0 Å².